The summed E-state index contributed by atoms with van der Waals surface area (Å²) < 4.78 is 5.00. The summed E-state index contributed by atoms with van der Waals surface area (Å²) in [6.45, 7) is 9.23. The third kappa shape index (κ3) is 4.52. The zero-order valence-electron chi connectivity index (χ0n) is 12.6. The number of hydrogen-bond acceptors (Lipinski definition) is 3. The Balaban J connectivity index is 2.33. The van der Waals surface area contributed by atoms with E-state index in [2.05, 4.69) is 26.1 Å². The maximum Gasteiger partial charge on any atom is 0.0771 e. The van der Waals surface area contributed by atoms with Crippen molar-refractivity contribution in [3.05, 3.63) is 0 Å². The van der Waals surface area contributed by atoms with Gasteiger partial charge in [0.25, 0.3) is 0 Å². The third-order valence-electron chi connectivity index (χ3n) is 4.87. The predicted octanol–water partition coefficient (Wildman–Crippen LogP) is 2.58. The highest BCUT2D eigenvalue weighted by atomic mass is 16.5. The fourth-order valence-electron chi connectivity index (χ4n) is 2.90. The molecule has 0 aromatic carbocycles. The van der Waals surface area contributed by atoms with E-state index in [9.17, 15) is 5.11 Å². The molecule has 2 N–H and O–H groups in total. The van der Waals surface area contributed by atoms with Crippen molar-refractivity contribution in [3.8, 4) is 0 Å². The minimum atomic E-state index is -0.492. The van der Waals surface area contributed by atoms with Gasteiger partial charge in [0.15, 0.2) is 0 Å². The standard InChI is InChI=1S/C15H31NO2/c1-5-14(2,3)13-6-8-15(17,9-7-13)12-16-10-11-18-4/h13,16-17H,5-12H2,1-4H3. The molecule has 0 atom stereocenters. The first-order chi connectivity index (χ1) is 8.43. The molecule has 1 rings (SSSR count). The van der Waals surface area contributed by atoms with Crippen molar-refractivity contribution in [2.75, 3.05) is 26.8 Å². The summed E-state index contributed by atoms with van der Waals surface area (Å²) in [5.41, 5.74) is -0.0706. The lowest BCUT2D eigenvalue weighted by Gasteiger charge is -2.42. The highest BCUT2D eigenvalue weighted by molar-refractivity contribution is 4.91. The molecule has 0 spiro atoms. The number of ether oxygens (including phenoxy) is 1. The van der Waals surface area contributed by atoms with Crippen LogP contribution in [0.2, 0.25) is 0 Å². The SMILES string of the molecule is CCC(C)(C)C1CCC(O)(CNCCOC)CC1. The van der Waals surface area contributed by atoms with Crippen LogP contribution in [0.15, 0.2) is 0 Å². The fraction of sp³-hybridized carbons (Fsp3) is 1.00. The van der Waals surface area contributed by atoms with Gasteiger partial charge in [-0.25, -0.2) is 0 Å². The van der Waals surface area contributed by atoms with Crippen molar-refractivity contribution in [1.82, 2.24) is 5.32 Å². The van der Waals surface area contributed by atoms with Gasteiger partial charge in [-0.3, -0.25) is 0 Å². The lowest BCUT2D eigenvalue weighted by atomic mass is 9.66. The molecular weight excluding hydrogens is 226 g/mol. The second-order valence-corrected chi connectivity index (χ2v) is 6.51. The molecule has 1 aliphatic rings. The zero-order chi connectivity index (χ0) is 13.6. The Labute approximate surface area is 112 Å². The molecule has 1 saturated carbocycles. The van der Waals surface area contributed by atoms with Gasteiger partial charge in [0, 0.05) is 20.2 Å². The second-order valence-electron chi connectivity index (χ2n) is 6.51. The maximum atomic E-state index is 10.5. The molecule has 0 amide bonds. The quantitative estimate of drug-likeness (QED) is 0.689. The van der Waals surface area contributed by atoms with Crippen LogP contribution in [0.3, 0.4) is 0 Å². The zero-order valence-corrected chi connectivity index (χ0v) is 12.6. The summed E-state index contributed by atoms with van der Waals surface area (Å²) in [5, 5.41) is 13.8. The van der Waals surface area contributed by atoms with Gasteiger partial charge in [-0.1, -0.05) is 27.2 Å². The normalized spacial score (nSPS) is 29.5. The maximum absolute atomic E-state index is 10.5. The topological polar surface area (TPSA) is 41.5 Å². The molecule has 0 bridgehead atoms. The first kappa shape index (κ1) is 15.9. The second kappa shape index (κ2) is 6.88. The summed E-state index contributed by atoms with van der Waals surface area (Å²) in [6, 6.07) is 0. The van der Waals surface area contributed by atoms with Crippen LogP contribution in [0.1, 0.15) is 52.9 Å². The van der Waals surface area contributed by atoms with Crippen LogP contribution in [-0.4, -0.2) is 37.5 Å². The molecule has 0 heterocycles. The Morgan fingerprint density at radius 3 is 2.44 bits per heavy atom. The molecule has 108 valence electrons. The largest absolute Gasteiger partial charge is 0.389 e. The van der Waals surface area contributed by atoms with E-state index < -0.39 is 5.60 Å². The van der Waals surface area contributed by atoms with E-state index in [1.165, 1.54) is 6.42 Å². The lowest BCUT2D eigenvalue weighted by Crippen LogP contribution is -2.45. The first-order valence-corrected chi connectivity index (χ1v) is 7.35. The van der Waals surface area contributed by atoms with Crippen LogP contribution in [0, 0.1) is 11.3 Å². The number of hydrogen-bond donors (Lipinski definition) is 2. The molecule has 1 aliphatic carbocycles. The Hall–Kier alpha value is -0.120. The van der Waals surface area contributed by atoms with Crippen LogP contribution in [0.25, 0.3) is 0 Å². The van der Waals surface area contributed by atoms with Crippen molar-refractivity contribution in [2.45, 2.75) is 58.5 Å². The fourth-order valence-corrected chi connectivity index (χ4v) is 2.90. The molecule has 0 aromatic heterocycles. The van der Waals surface area contributed by atoms with E-state index in [1.807, 2.05) is 0 Å². The molecule has 0 aliphatic heterocycles. The van der Waals surface area contributed by atoms with Crippen molar-refractivity contribution < 1.29 is 9.84 Å². The Bertz CT molecular complexity index is 233. The van der Waals surface area contributed by atoms with E-state index in [0.29, 0.717) is 18.6 Å². The average Bonchev–Trinajstić information content (AvgIpc) is 2.35. The molecule has 18 heavy (non-hydrogen) atoms. The Kier molecular flexibility index (Phi) is 6.09. The van der Waals surface area contributed by atoms with Crippen molar-refractivity contribution in [1.29, 1.82) is 0 Å². The van der Waals surface area contributed by atoms with Crippen molar-refractivity contribution >= 4 is 0 Å². The third-order valence-corrected chi connectivity index (χ3v) is 4.87. The van der Waals surface area contributed by atoms with Gasteiger partial charge in [-0.2, -0.15) is 0 Å². The molecule has 0 saturated heterocycles. The monoisotopic (exact) mass is 257 g/mol. The highest BCUT2D eigenvalue weighted by Crippen LogP contribution is 2.43. The van der Waals surface area contributed by atoms with Crippen molar-refractivity contribution in [2.24, 2.45) is 11.3 Å². The molecule has 0 unspecified atom stereocenters. The smallest absolute Gasteiger partial charge is 0.0771 e. The number of nitrogens with one attached hydrogen (secondary N) is 1. The summed E-state index contributed by atoms with van der Waals surface area (Å²) in [4.78, 5) is 0. The van der Waals surface area contributed by atoms with Gasteiger partial charge in [-0.15, -0.1) is 0 Å². The molecule has 0 aromatic rings. The summed E-state index contributed by atoms with van der Waals surface area (Å²) in [6.07, 6.45) is 5.40. The summed E-state index contributed by atoms with van der Waals surface area (Å²) in [5.74, 6) is 0.766. The predicted molar refractivity (Wildman–Crippen MR) is 75.7 cm³/mol. The summed E-state index contributed by atoms with van der Waals surface area (Å²) >= 11 is 0. The van der Waals surface area contributed by atoms with Crippen LogP contribution in [-0.2, 0) is 4.74 Å². The molecule has 3 heteroatoms. The van der Waals surface area contributed by atoms with Gasteiger partial charge in [0.2, 0.25) is 0 Å². The Morgan fingerprint density at radius 1 is 1.33 bits per heavy atom. The minimum absolute atomic E-state index is 0.421. The minimum Gasteiger partial charge on any atom is -0.389 e. The average molecular weight is 257 g/mol. The van der Waals surface area contributed by atoms with Gasteiger partial charge >= 0.3 is 0 Å². The number of methoxy groups -OCH3 is 1. The Morgan fingerprint density at radius 2 is 1.94 bits per heavy atom. The van der Waals surface area contributed by atoms with Gasteiger partial charge in [-0.05, 0) is 37.0 Å². The van der Waals surface area contributed by atoms with Crippen LogP contribution in [0.4, 0.5) is 0 Å². The lowest BCUT2D eigenvalue weighted by molar-refractivity contribution is -0.0273. The highest BCUT2D eigenvalue weighted by Gasteiger charge is 2.37. The van der Waals surface area contributed by atoms with E-state index >= 15 is 0 Å². The van der Waals surface area contributed by atoms with E-state index in [4.69, 9.17) is 4.74 Å². The van der Waals surface area contributed by atoms with E-state index in [0.717, 1.165) is 38.1 Å². The number of rotatable bonds is 7. The molecule has 1 fully saturated rings. The molecule has 3 nitrogen and oxygen atoms in total. The van der Waals surface area contributed by atoms with Crippen LogP contribution < -0.4 is 5.32 Å². The summed E-state index contributed by atoms with van der Waals surface area (Å²) in [7, 11) is 1.70. The molecular formula is C15H31NO2. The molecule has 0 radical (unpaired) electrons. The van der Waals surface area contributed by atoms with E-state index in [-0.39, 0.29) is 0 Å². The van der Waals surface area contributed by atoms with Crippen LogP contribution >= 0.6 is 0 Å². The van der Waals surface area contributed by atoms with Gasteiger partial charge in [0.05, 0.1) is 12.2 Å². The van der Waals surface area contributed by atoms with Crippen molar-refractivity contribution in [3.63, 3.8) is 0 Å². The van der Waals surface area contributed by atoms with Crippen LogP contribution in [0.5, 0.6) is 0 Å². The van der Waals surface area contributed by atoms with E-state index in [1.54, 1.807) is 7.11 Å². The van der Waals surface area contributed by atoms with Gasteiger partial charge in [0.1, 0.15) is 0 Å². The first-order valence-electron chi connectivity index (χ1n) is 7.35. The number of aliphatic hydroxyl groups is 1. The van der Waals surface area contributed by atoms with Gasteiger partial charge < -0.3 is 15.2 Å².